The van der Waals surface area contributed by atoms with Gasteiger partial charge in [-0.2, -0.15) is 5.26 Å². The number of hydrazine groups is 1. The Morgan fingerprint density at radius 2 is 1.71 bits per heavy atom. The molecule has 7 heavy (non-hydrogen) atoms. The summed E-state index contributed by atoms with van der Waals surface area (Å²) in [6, 6.07) is 0. The van der Waals surface area contributed by atoms with E-state index < -0.39 is 0 Å². The SMILES string of the molecule is CN(C)N(C)C#N. The highest BCUT2D eigenvalue weighted by molar-refractivity contribution is 4.61. The van der Waals surface area contributed by atoms with Crippen LogP contribution in [-0.4, -0.2) is 31.2 Å². The molecule has 3 nitrogen and oxygen atoms in total. The van der Waals surface area contributed by atoms with Gasteiger partial charge < -0.3 is 0 Å². The van der Waals surface area contributed by atoms with Crippen LogP contribution < -0.4 is 0 Å². The van der Waals surface area contributed by atoms with Crippen molar-refractivity contribution in [2.45, 2.75) is 0 Å². The maximum atomic E-state index is 8.14. The van der Waals surface area contributed by atoms with Crippen LogP contribution in [-0.2, 0) is 0 Å². The Morgan fingerprint density at radius 1 is 1.29 bits per heavy atom. The van der Waals surface area contributed by atoms with Crippen molar-refractivity contribution in [3.05, 3.63) is 0 Å². The molecule has 0 fully saturated rings. The van der Waals surface area contributed by atoms with Crippen molar-refractivity contribution >= 4 is 0 Å². The van der Waals surface area contributed by atoms with E-state index in [4.69, 9.17) is 5.26 Å². The zero-order valence-electron chi connectivity index (χ0n) is 4.84. The first kappa shape index (κ1) is 6.25. The third-order valence-electron chi connectivity index (χ3n) is 0.745. The lowest BCUT2D eigenvalue weighted by atomic mass is 11.0. The third-order valence-corrected chi connectivity index (χ3v) is 0.745. The molecule has 0 radical (unpaired) electrons. The largest absolute Gasteiger partial charge is 0.246 e. The Morgan fingerprint density at radius 3 is 1.71 bits per heavy atom. The molecule has 0 aliphatic heterocycles. The predicted molar refractivity (Wildman–Crippen MR) is 27.1 cm³/mol. The molecule has 0 aromatic rings. The normalized spacial score (nSPS) is 8.43. The Bertz CT molecular complexity index is 81.4. The fraction of sp³-hybridized carbons (Fsp3) is 0.750. The van der Waals surface area contributed by atoms with Crippen molar-refractivity contribution < 1.29 is 0 Å². The number of nitrogens with zero attached hydrogens (tertiary/aromatic N) is 3. The van der Waals surface area contributed by atoms with Gasteiger partial charge in [-0.05, 0) is 0 Å². The van der Waals surface area contributed by atoms with Crippen molar-refractivity contribution in [2.24, 2.45) is 0 Å². The molecule has 0 atom stereocenters. The highest BCUT2D eigenvalue weighted by Crippen LogP contribution is 1.77. The summed E-state index contributed by atoms with van der Waals surface area (Å²) < 4.78 is 0. The van der Waals surface area contributed by atoms with E-state index in [1.807, 2.05) is 20.3 Å². The molecular weight excluding hydrogens is 90.1 g/mol. The van der Waals surface area contributed by atoms with Crippen LogP contribution in [0.4, 0.5) is 0 Å². The van der Waals surface area contributed by atoms with Gasteiger partial charge in [-0.3, -0.25) is 0 Å². The summed E-state index contributed by atoms with van der Waals surface area (Å²) in [6.07, 6.45) is 1.92. The van der Waals surface area contributed by atoms with E-state index in [-0.39, 0.29) is 0 Å². The Kier molecular flexibility index (Phi) is 2.17. The summed E-state index contributed by atoms with van der Waals surface area (Å²) >= 11 is 0. The third kappa shape index (κ3) is 2.01. The maximum absolute atomic E-state index is 8.14. The van der Waals surface area contributed by atoms with Crippen LogP contribution in [0, 0.1) is 11.5 Å². The average molecular weight is 99.1 g/mol. The second-order valence-corrected chi connectivity index (χ2v) is 1.47. The minimum atomic E-state index is 1.43. The molecular formula is C4H9N3. The number of rotatable bonds is 1. The van der Waals surface area contributed by atoms with Crippen molar-refractivity contribution in [3.63, 3.8) is 0 Å². The van der Waals surface area contributed by atoms with Gasteiger partial charge in [0.1, 0.15) is 0 Å². The molecule has 0 unspecified atom stereocenters. The summed E-state index contributed by atoms with van der Waals surface area (Å²) in [7, 11) is 5.31. The van der Waals surface area contributed by atoms with E-state index in [0.717, 1.165) is 0 Å². The predicted octanol–water partition coefficient (Wildman–Crippen LogP) is -0.124. The number of hydrogen-bond donors (Lipinski definition) is 0. The average Bonchev–Trinajstić information content (AvgIpc) is 1.65. The topological polar surface area (TPSA) is 30.3 Å². The minimum Gasteiger partial charge on any atom is -0.246 e. The standard InChI is InChI=1S/C4H9N3/c1-6(2)7(3)4-5/h1-3H3. The van der Waals surface area contributed by atoms with Crippen molar-refractivity contribution in [1.82, 2.24) is 10.0 Å². The summed E-state index contributed by atoms with van der Waals surface area (Å²) in [4.78, 5) is 0. The molecule has 0 amide bonds. The first-order chi connectivity index (χ1) is 3.18. The molecule has 0 spiro atoms. The summed E-state index contributed by atoms with van der Waals surface area (Å²) in [6.45, 7) is 0. The summed E-state index contributed by atoms with van der Waals surface area (Å²) in [5, 5.41) is 11.3. The first-order valence-corrected chi connectivity index (χ1v) is 1.99. The van der Waals surface area contributed by atoms with Crippen molar-refractivity contribution in [3.8, 4) is 6.19 Å². The van der Waals surface area contributed by atoms with Gasteiger partial charge in [0.05, 0.1) is 0 Å². The van der Waals surface area contributed by atoms with E-state index in [1.54, 1.807) is 12.1 Å². The fourth-order valence-corrected chi connectivity index (χ4v) is 0.0894. The summed E-state index contributed by atoms with van der Waals surface area (Å²) in [5.74, 6) is 0. The molecule has 0 aliphatic carbocycles. The molecule has 3 heteroatoms. The van der Waals surface area contributed by atoms with Crippen LogP contribution in [0.3, 0.4) is 0 Å². The van der Waals surface area contributed by atoms with Crippen LogP contribution in [0.1, 0.15) is 0 Å². The Labute approximate surface area is 43.7 Å². The minimum absolute atomic E-state index is 1.43. The fourth-order valence-electron chi connectivity index (χ4n) is 0.0894. The van der Waals surface area contributed by atoms with Gasteiger partial charge in [-0.25, -0.2) is 10.0 Å². The van der Waals surface area contributed by atoms with Gasteiger partial charge in [0.15, 0.2) is 6.19 Å². The van der Waals surface area contributed by atoms with E-state index in [0.29, 0.717) is 0 Å². The monoisotopic (exact) mass is 99.1 g/mol. The van der Waals surface area contributed by atoms with Gasteiger partial charge in [-0.15, -0.1) is 0 Å². The molecule has 0 bridgehead atoms. The van der Waals surface area contributed by atoms with E-state index >= 15 is 0 Å². The molecule has 40 valence electrons. The summed E-state index contributed by atoms with van der Waals surface area (Å²) in [5.41, 5.74) is 0. The Hall–Kier alpha value is -0.750. The molecule has 0 heterocycles. The molecule has 0 aromatic heterocycles. The molecule has 0 saturated heterocycles. The zero-order chi connectivity index (χ0) is 5.86. The van der Waals surface area contributed by atoms with Gasteiger partial charge >= 0.3 is 0 Å². The van der Waals surface area contributed by atoms with Crippen molar-refractivity contribution in [1.29, 1.82) is 5.26 Å². The van der Waals surface area contributed by atoms with Crippen LogP contribution in [0.15, 0.2) is 0 Å². The second kappa shape index (κ2) is 2.43. The first-order valence-electron chi connectivity index (χ1n) is 1.99. The molecule has 0 N–H and O–H groups in total. The quantitative estimate of drug-likeness (QED) is 0.261. The van der Waals surface area contributed by atoms with Crippen LogP contribution in [0.2, 0.25) is 0 Å². The van der Waals surface area contributed by atoms with Crippen LogP contribution in [0.25, 0.3) is 0 Å². The van der Waals surface area contributed by atoms with Crippen LogP contribution >= 0.6 is 0 Å². The van der Waals surface area contributed by atoms with Gasteiger partial charge in [0.2, 0.25) is 0 Å². The Balaban J connectivity index is 3.40. The zero-order valence-corrected chi connectivity index (χ0v) is 4.84. The molecule has 0 aliphatic rings. The lowest BCUT2D eigenvalue weighted by Crippen LogP contribution is -2.28. The van der Waals surface area contributed by atoms with E-state index in [1.165, 1.54) is 5.01 Å². The van der Waals surface area contributed by atoms with Gasteiger partial charge in [0, 0.05) is 21.1 Å². The molecule has 0 rings (SSSR count). The van der Waals surface area contributed by atoms with E-state index in [2.05, 4.69) is 0 Å². The van der Waals surface area contributed by atoms with Gasteiger partial charge in [-0.1, -0.05) is 0 Å². The molecule has 0 saturated carbocycles. The number of hydrogen-bond acceptors (Lipinski definition) is 3. The maximum Gasteiger partial charge on any atom is 0.195 e. The van der Waals surface area contributed by atoms with Gasteiger partial charge in [0.25, 0.3) is 0 Å². The highest BCUT2D eigenvalue weighted by atomic mass is 15.6. The second-order valence-electron chi connectivity index (χ2n) is 1.47. The number of nitriles is 1. The smallest absolute Gasteiger partial charge is 0.195 e. The van der Waals surface area contributed by atoms with Crippen molar-refractivity contribution in [2.75, 3.05) is 21.1 Å². The van der Waals surface area contributed by atoms with E-state index in [9.17, 15) is 0 Å². The molecule has 0 aromatic carbocycles. The van der Waals surface area contributed by atoms with Crippen LogP contribution in [0.5, 0.6) is 0 Å². The lowest BCUT2D eigenvalue weighted by molar-refractivity contribution is 0.127. The lowest BCUT2D eigenvalue weighted by Gasteiger charge is -2.15. The highest BCUT2D eigenvalue weighted by Gasteiger charge is 1.90.